The van der Waals surface area contributed by atoms with Crippen LogP contribution in [0.5, 0.6) is 11.5 Å². The lowest BCUT2D eigenvalue weighted by atomic mass is 10.1. The molecule has 2 unspecified atom stereocenters. The second-order valence-electron chi connectivity index (χ2n) is 3.91. The normalized spacial score (nSPS) is 22.8. The number of ether oxygens (including phenoxy) is 1. The summed E-state index contributed by atoms with van der Waals surface area (Å²) in [6, 6.07) is 5.21. The van der Waals surface area contributed by atoms with Gasteiger partial charge in [0, 0.05) is 11.5 Å². The summed E-state index contributed by atoms with van der Waals surface area (Å²) in [5.41, 5.74) is 0.679. The third kappa shape index (κ3) is 1.83. The summed E-state index contributed by atoms with van der Waals surface area (Å²) in [6.07, 6.45) is 0.596. The summed E-state index contributed by atoms with van der Waals surface area (Å²) < 4.78 is 5.25. The summed E-state index contributed by atoms with van der Waals surface area (Å²) in [4.78, 5) is 10.8. The molecule has 1 saturated carbocycles. The Balaban J connectivity index is 2.23. The fraction of sp³-hybridized carbons (Fsp3) is 0.417. The van der Waals surface area contributed by atoms with Gasteiger partial charge in [-0.1, -0.05) is 12.1 Å². The third-order valence-electron chi connectivity index (χ3n) is 2.84. The number of carboxylic acid groups (broad SMARTS) is 1. The van der Waals surface area contributed by atoms with Crippen LogP contribution < -0.4 is 4.74 Å². The van der Waals surface area contributed by atoms with Crippen LogP contribution in [0.15, 0.2) is 18.2 Å². The minimum Gasteiger partial charge on any atom is -0.504 e. The first-order chi connectivity index (χ1) is 7.65. The second kappa shape index (κ2) is 4.04. The fourth-order valence-electron chi connectivity index (χ4n) is 1.92. The van der Waals surface area contributed by atoms with Gasteiger partial charge >= 0.3 is 5.97 Å². The van der Waals surface area contributed by atoms with Gasteiger partial charge < -0.3 is 14.9 Å². The number of aliphatic carboxylic acids is 1. The van der Waals surface area contributed by atoms with E-state index in [1.54, 1.807) is 18.2 Å². The van der Waals surface area contributed by atoms with Crippen molar-refractivity contribution < 1.29 is 19.7 Å². The lowest BCUT2D eigenvalue weighted by Gasteiger charge is -2.09. The van der Waals surface area contributed by atoms with Gasteiger partial charge in [0.25, 0.3) is 0 Å². The molecule has 0 radical (unpaired) electrons. The maximum absolute atomic E-state index is 10.8. The van der Waals surface area contributed by atoms with Crippen LogP contribution in [0, 0.1) is 5.92 Å². The van der Waals surface area contributed by atoms with Crippen molar-refractivity contribution in [3.8, 4) is 11.5 Å². The molecule has 0 spiro atoms. The lowest BCUT2D eigenvalue weighted by Crippen LogP contribution is -1.99. The number of para-hydroxylation sites is 1. The van der Waals surface area contributed by atoms with Gasteiger partial charge in [-0.2, -0.15) is 0 Å². The molecule has 1 aliphatic rings. The average molecular weight is 222 g/mol. The third-order valence-corrected chi connectivity index (χ3v) is 2.84. The summed E-state index contributed by atoms with van der Waals surface area (Å²) in [5, 5.41) is 18.7. The summed E-state index contributed by atoms with van der Waals surface area (Å²) in [7, 11) is 0. The molecule has 0 aliphatic heterocycles. The summed E-state index contributed by atoms with van der Waals surface area (Å²) in [5.74, 6) is -0.721. The molecule has 4 heteroatoms. The van der Waals surface area contributed by atoms with Crippen molar-refractivity contribution in [2.24, 2.45) is 5.92 Å². The number of phenols is 1. The lowest BCUT2D eigenvalue weighted by molar-refractivity contribution is -0.138. The number of carboxylic acids is 1. The predicted octanol–water partition coefficient (Wildman–Crippen LogP) is 1.98. The maximum atomic E-state index is 10.8. The summed E-state index contributed by atoms with van der Waals surface area (Å²) >= 11 is 0. The predicted molar refractivity (Wildman–Crippen MR) is 57.8 cm³/mol. The van der Waals surface area contributed by atoms with Gasteiger partial charge in [0.05, 0.1) is 12.5 Å². The van der Waals surface area contributed by atoms with Crippen molar-refractivity contribution >= 4 is 5.97 Å². The fourth-order valence-corrected chi connectivity index (χ4v) is 1.92. The Hall–Kier alpha value is -1.71. The molecule has 1 aromatic rings. The highest BCUT2D eigenvalue weighted by Gasteiger charge is 2.45. The second-order valence-corrected chi connectivity index (χ2v) is 3.91. The molecular weight excluding hydrogens is 208 g/mol. The smallest absolute Gasteiger partial charge is 0.307 e. The van der Waals surface area contributed by atoms with E-state index in [4.69, 9.17) is 9.84 Å². The Labute approximate surface area is 93.5 Å². The molecule has 0 saturated heterocycles. The van der Waals surface area contributed by atoms with Crippen LogP contribution in [0.3, 0.4) is 0 Å². The largest absolute Gasteiger partial charge is 0.504 e. The number of hydrogen-bond acceptors (Lipinski definition) is 3. The van der Waals surface area contributed by atoms with Crippen LogP contribution in [0.2, 0.25) is 0 Å². The molecule has 2 rings (SSSR count). The molecular formula is C12H14O4. The molecule has 1 aliphatic carbocycles. The van der Waals surface area contributed by atoms with E-state index in [2.05, 4.69) is 0 Å². The molecule has 2 atom stereocenters. The number of carbonyl (C=O) groups is 1. The van der Waals surface area contributed by atoms with Crippen LogP contribution in [0.1, 0.15) is 24.8 Å². The SMILES string of the molecule is CCOc1cccc(C2CC2C(=O)O)c1O. The minimum absolute atomic E-state index is 0.0714. The van der Waals surface area contributed by atoms with Gasteiger partial charge in [-0.15, -0.1) is 0 Å². The standard InChI is InChI=1S/C12H14O4/c1-2-16-10-5-3-4-7(11(10)13)8-6-9(8)12(14)15/h3-5,8-9,13H,2,6H2,1H3,(H,14,15). The first-order valence-electron chi connectivity index (χ1n) is 5.32. The van der Waals surface area contributed by atoms with Gasteiger partial charge in [0.1, 0.15) is 0 Å². The van der Waals surface area contributed by atoms with Gasteiger partial charge in [0.15, 0.2) is 11.5 Å². The van der Waals surface area contributed by atoms with E-state index >= 15 is 0 Å². The van der Waals surface area contributed by atoms with E-state index < -0.39 is 5.97 Å². The highest BCUT2D eigenvalue weighted by Crippen LogP contribution is 2.51. The Morgan fingerprint density at radius 3 is 2.88 bits per heavy atom. The Morgan fingerprint density at radius 1 is 1.56 bits per heavy atom. The van der Waals surface area contributed by atoms with Crippen molar-refractivity contribution in [3.05, 3.63) is 23.8 Å². The van der Waals surface area contributed by atoms with Crippen molar-refractivity contribution in [3.63, 3.8) is 0 Å². The first-order valence-corrected chi connectivity index (χ1v) is 5.32. The Kier molecular flexibility index (Phi) is 2.73. The zero-order valence-electron chi connectivity index (χ0n) is 9.01. The molecule has 0 bridgehead atoms. The van der Waals surface area contributed by atoms with E-state index in [1.807, 2.05) is 6.92 Å². The van der Waals surface area contributed by atoms with Crippen molar-refractivity contribution in [1.29, 1.82) is 0 Å². The maximum Gasteiger partial charge on any atom is 0.307 e. The zero-order chi connectivity index (χ0) is 11.7. The van der Waals surface area contributed by atoms with E-state index in [1.165, 1.54) is 0 Å². The van der Waals surface area contributed by atoms with E-state index in [0.717, 1.165) is 0 Å². The Morgan fingerprint density at radius 2 is 2.31 bits per heavy atom. The molecule has 2 N–H and O–H groups in total. The van der Waals surface area contributed by atoms with Crippen molar-refractivity contribution in [2.45, 2.75) is 19.3 Å². The van der Waals surface area contributed by atoms with E-state index in [0.29, 0.717) is 24.3 Å². The first kappa shape index (κ1) is 10.8. The molecule has 0 heterocycles. The average Bonchev–Trinajstić information content (AvgIpc) is 3.01. The number of phenolic OH excluding ortho intramolecular Hbond substituents is 1. The topological polar surface area (TPSA) is 66.8 Å². The molecule has 1 aromatic carbocycles. The van der Waals surface area contributed by atoms with Crippen molar-refractivity contribution in [2.75, 3.05) is 6.61 Å². The van der Waals surface area contributed by atoms with Crippen LogP contribution in [-0.4, -0.2) is 22.8 Å². The van der Waals surface area contributed by atoms with Gasteiger partial charge in [-0.05, 0) is 19.4 Å². The van der Waals surface area contributed by atoms with E-state index in [-0.39, 0.29) is 17.6 Å². The number of rotatable bonds is 4. The van der Waals surface area contributed by atoms with Gasteiger partial charge in [-0.25, -0.2) is 0 Å². The van der Waals surface area contributed by atoms with Gasteiger partial charge in [-0.3, -0.25) is 4.79 Å². The molecule has 1 fully saturated rings. The highest BCUT2D eigenvalue weighted by atomic mass is 16.5. The van der Waals surface area contributed by atoms with Crippen LogP contribution in [-0.2, 0) is 4.79 Å². The van der Waals surface area contributed by atoms with Gasteiger partial charge in [0.2, 0.25) is 0 Å². The zero-order valence-corrected chi connectivity index (χ0v) is 9.01. The molecule has 16 heavy (non-hydrogen) atoms. The Bertz CT molecular complexity index is 413. The van der Waals surface area contributed by atoms with Crippen LogP contribution in [0.25, 0.3) is 0 Å². The summed E-state index contributed by atoms with van der Waals surface area (Å²) in [6.45, 7) is 2.31. The molecule has 86 valence electrons. The number of aromatic hydroxyl groups is 1. The molecule has 0 aromatic heterocycles. The molecule has 4 nitrogen and oxygen atoms in total. The number of benzene rings is 1. The van der Waals surface area contributed by atoms with Crippen LogP contribution in [0.4, 0.5) is 0 Å². The molecule has 0 amide bonds. The minimum atomic E-state index is -0.800. The van der Waals surface area contributed by atoms with E-state index in [9.17, 15) is 9.90 Å². The number of hydrogen-bond donors (Lipinski definition) is 2. The quantitative estimate of drug-likeness (QED) is 0.817. The monoisotopic (exact) mass is 222 g/mol. The van der Waals surface area contributed by atoms with Crippen LogP contribution >= 0.6 is 0 Å². The van der Waals surface area contributed by atoms with Crippen molar-refractivity contribution in [1.82, 2.24) is 0 Å². The highest BCUT2D eigenvalue weighted by molar-refractivity contribution is 5.75.